The maximum atomic E-state index is 12.3. The number of halogens is 4. The van der Waals surface area contributed by atoms with E-state index in [4.69, 9.17) is 4.74 Å². The molecule has 134 valence electrons. The van der Waals surface area contributed by atoms with Gasteiger partial charge in [0.15, 0.2) is 12.6 Å². The van der Waals surface area contributed by atoms with E-state index >= 15 is 0 Å². The summed E-state index contributed by atoms with van der Waals surface area (Å²) in [5, 5.41) is 6.37. The Morgan fingerprint density at radius 2 is 1.92 bits per heavy atom. The van der Waals surface area contributed by atoms with Crippen molar-refractivity contribution in [3.05, 3.63) is 42.0 Å². The van der Waals surface area contributed by atoms with E-state index in [1.54, 1.807) is 25.2 Å². The Balaban J connectivity index is 0.00000288. The number of guanidine groups is 1. The molecule has 1 aromatic carbocycles. The highest BCUT2D eigenvalue weighted by Gasteiger charge is 2.28. The van der Waals surface area contributed by atoms with Gasteiger partial charge < -0.3 is 15.4 Å². The molecule has 0 aromatic heterocycles. The third-order valence-electron chi connectivity index (χ3n) is 3.38. The molecule has 0 saturated heterocycles. The van der Waals surface area contributed by atoms with Gasteiger partial charge in [-0.1, -0.05) is 30.4 Å². The van der Waals surface area contributed by atoms with Gasteiger partial charge in [0, 0.05) is 25.2 Å². The molecule has 24 heavy (non-hydrogen) atoms. The summed E-state index contributed by atoms with van der Waals surface area (Å²) < 4.78 is 41.7. The van der Waals surface area contributed by atoms with Gasteiger partial charge in [-0.15, -0.1) is 24.0 Å². The lowest BCUT2D eigenvalue weighted by Crippen LogP contribution is -2.42. The van der Waals surface area contributed by atoms with Crippen LogP contribution in [0.25, 0.3) is 0 Å². The maximum absolute atomic E-state index is 12.3. The largest absolute Gasteiger partial charge is 0.484 e. The smallest absolute Gasteiger partial charge is 0.422 e. The standard InChI is InChI=1S/C16H20F3N3O.HI/c1-20-15(22-13-7-3-4-8-13)21-10-12-6-2-5-9-14(12)23-11-16(17,18)19;/h2-6,9,13H,7-8,10-11H2,1H3,(H2,20,21,22);1H. The number of nitrogens with one attached hydrogen (secondary N) is 2. The number of benzene rings is 1. The number of hydrogen-bond acceptors (Lipinski definition) is 2. The zero-order valence-corrected chi connectivity index (χ0v) is 15.6. The second-order valence-electron chi connectivity index (χ2n) is 5.22. The van der Waals surface area contributed by atoms with Gasteiger partial charge in [-0.05, 0) is 18.9 Å². The number of rotatable bonds is 5. The molecule has 0 bridgehead atoms. The average Bonchev–Trinajstić information content (AvgIpc) is 3.02. The molecule has 8 heteroatoms. The van der Waals surface area contributed by atoms with E-state index in [0.717, 1.165) is 12.8 Å². The Bertz CT molecular complexity index is 568. The molecule has 0 unspecified atom stereocenters. The van der Waals surface area contributed by atoms with Crippen molar-refractivity contribution in [1.29, 1.82) is 0 Å². The molecule has 4 nitrogen and oxygen atoms in total. The molecular weight excluding hydrogens is 434 g/mol. The number of alkyl halides is 3. The highest BCUT2D eigenvalue weighted by molar-refractivity contribution is 14.0. The molecular formula is C16H21F3IN3O. The fourth-order valence-corrected chi connectivity index (χ4v) is 2.25. The first-order valence-electron chi connectivity index (χ1n) is 7.37. The van der Waals surface area contributed by atoms with Crippen LogP contribution in [0.2, 0.25) is 0 Å². The first-order chi connectivity index (χ1) is 11.0. The van der Waals surface area contributed by atoms with E-state index in [1.807, 2.05) is 0 Å². The normalized spacial score (nSPS) is 15.1. The fraction of sp³-hybridized carbons (Fsp3) is 0.438. The van der Waals surface area contributed by atoms with Crippen LogP contribution < -0.4 is 15.4 Å². The molecule has 0 spiro atoms. The quantitative estimate of drug-likeness (QED) is 0.309. The van der Waals surface area contributed by atoms with E-state index < -0.39 is 12.8 Å². The molecule has 0 heterocycles. The molecule has 1 aliphatic rings. The summed E-state index contributed by atoms with van der Waals surface area (Å²) in [6.07, 6.45) is 1.72. The highest BCUT2D eigenvalue weighted by Crippen LogP contribution is 2.22. The minimum Gasteiger partial charge on any atom is -0.484 e. The number of ether oxygens (including phenoxy) is 1. The van der Waals surface area contributed by atoms with Gasteiger partial charge >= 0.3 is 6.18 Å². The molecule has 0 radical (unpaired) electrons. The molecule has 2 N–H and O–H groups in total. The van der Waals surface area contributed by atoms with Crippen LogP contribution in [0.1, 0.15) is 18.4 Å². The van der Waals surface area contributed by atoms with E-state index in [2.05, 4.69) is 27.8 Å². The zero-order valence-electron chi connectivity index (χ0n) is 13.3. The van der Waals surface area contributed by atoms with Gasteiger partial charge in [-0.2, -0.15) is 13.2 Å². The summed E-state index contributed by atoms with van der Waals surface area (Å²) in [5.41, 5.74) is 0.643. The van der Waals surface area contributed by atoms with Gasteiger partial charge in [-0.3, -0.25) is 4.99 Å². The summed E-state index contributed by atoms with van der Waals surface area (Å²) in [5.74, 6) is 0.833. The van der Waals surface area contributed by atoms with Gasteiger partial charge in [0.2, 0.25) is 0 Å². The topological polar surface area (TPSA) is 45.7 Å². The van der Waals surface area contributed by atoms with Gasteiger partial charge in [0.1, 0.15) is 5.75 Å². The molecule has 0 aliphatic heterocycles. The Morgan fingerprint density at radius 3 is 2.54 bits per heavy atom. The third-order valence-corrected chi connectivity index (χ3v) is 3.38. The van der Waals surface area contributed by atoms with E-state index in [-0.39, 0.29) is 29.7 Å². The van der Waals surface area contributed by atoms with Crippen molar-refractivity contribution >= 4 is 29.9 Å². The lowest BCUT2D eigenvalue weighted by atomic mass is 10.2. The molecule has 2 rings (SSSR count). The first-order valence-corrected chi connectivity index (χ1v) is 7.37. The van der Waals surface area contributed by atoms with Crippen molar-refractivity contribution in [2.24, 2.45) is 4.99 Å². The van der Waals surface area contributed by atoms with Crippen molar-refractivity contribution in [1.82, 2.24) is 10.6 Å². The van der Waals surface area contributed by atoms with Crippen LogP contribution in [0.5, 0.6) is 5.75 Å². The summed E-state index contributed by atoms with van der Waals surface area (Å²) in [7, 11) is 1.66. The maximum Gasteiger partial charge on any atom is 0.422 e. The molecule has 0 saturated carbocycles. The fourth-order valence-electron chi connectivity index (χ4n) is 2.25. The molecule has 1 aliphatic carbocycles. The predicted molar refractivity (Wildman–Crippen MR) is 98.9 cm³/mol. The molecule has 1 aromatic rings. The third kappa shape index (κ3) is 6.98. The van der Waals surface area contributed by atoms with Crippen LogP contribution in [0, 0.1) is 0 Å². The summed E-state index contributed by atoms with van der Waals surface area (Å²) in [4.78, 5) is 4.13. The van der Waals surface area contributed by atoms with E-state index in [0.29, 0.717) is 24.1 Å². The Kier molecular flexibility index (Phi) is 8.37. The van der Waals surface area contributed by atoms with Crippen molar-refractivity contribution < 1.29 is 17.9 Å². The van der Waals surface area contributed by atoms with Crippen LogP contribution >= 0.6 is 24.0 Å². The van der Waals surface area contributed by atoms with E-state index in [1.165, 1.54) is 6.07 Å². The lowest BCUT2D eigenvalue weighted by molar-refractivity contribution is -0.153. The van der Waals surface area contributed by atoms with Crippen molar-refractivity contribution in [2.75, 3.05) is 13.7 Å². The predicted octanol–water partition coefficient (Wildman–Crippen LogP) is 3.63. The van der Waals surface area contributed by atoms with Crippen LogP contribution in [-0.2, 0) is 6.54 Å². The van der Waals surface area contributed by atoms with Crippen LogP contribution in [0.4, 0.5) is 13.2 Å². The average molecular weight is 455 g/mol. The SMILES string of the molecule is CN=C(NCc1ccccc1OCC(F)(F)F)NC1CC=CC1.I. The summed E-state index contributed by atoms with van der Waals surface area (Å²) in [6, 6.07) is 6.96. The first kappa shape index (κ1) is 20.6. The molecule has 0 fully saturated rings. The number of hydrogen-bond donors (Lipinski definition) is 2. The van der Waals surface area contributed by atoms with Crippen LogP contribution in [-0.4, -0.2) is 31.8 Å². The Morgan fingerprint density at radius 1 is 1.25 bits per heavy atom. The Hall–Kier alpha value is -1.45. The van der Waals surface area contributed by atoms with Crippen molar-refractivity contribution in [3.63, 3.8) is 0 Å². The number of aliphatic imine (C=N–C) groups is 1. The number of nitrogens with zero attached hydrogens (tertiary/aromatic N) is 1. The highest BCUT2D eigenvalue weighted by atomic mass is 127. The zero-order chi connectivity index (χ0) is 16.7. The minimum absolute atomic E-state index is 0. The number of para-hydroxylation sites is 1. The minimum atomic E-state index is -4.35. The van der Waals surface area contributed by atoms with E-state index in [9.17, 15) is 13.2 Å². The summed E-state index contributed by atoms with van der Waals surface area (Å²) >= 11 is 0. The van der Waals surface area contributed by atoms with Gasteiger partial charge in [0.05, 0.1) is 0 Å². The van der Waals surface area contributed by atoms with Gasteiger partial charge in [-0.25, -0.2) is 0 Å². The summed E-state index contributed by atoms with van der Waals surface area (Å²) in [6.45, 7) is -0.974. The second kappa shape index (κ2) is 9.75. The molecule has 0 amide bonds. The Labute approximate surface area is 156 Å². The van der Waals surface area contributed by atoms with Crippen LogP contribution in [0.15, 0.2) is 41.4 Å². The van der Waals surface area contributed by atoms with Crippen molar-refractivity contribution in [3.8, 4) is 5.75 Å². The molecule has 0 atom stereocenters. The van der Waals surface area contributed by atoms with Gasteiger partial charge in [0.25, 0.3) is 0 Å². The second-order valence-corrected chi connectivity index (χ2v) is 5.22. The lowest BCUT2D eigenvalue weighted by Gasteiger charge is -2.18. The van der Waals surface area contributed by atoms with Crippen LogP contribution in [0.3, 0.4) is 0 Å². The van der Waals surface area contributed by atoms with Crippen molar-refractivity contribution in [2.45, 2.75) is 31.6 Å². The monoisotopic (exact) mass is 455 g/mol.